The molecule has 0 amide bonds. The van der Waals surface area contributed by atoms with Gasteiger partial charge in [0.2, 0.25) is 0 Å². The maximum Gasteiger partial charge on any atom is 0.323 e. The van der Waals surface area contributed by atoms with Crippen molar-refractivity contribution in [1.29, 1.82) is 0 Å². The van der Waals surface area contributed by atoms with E-state index in [2.05, 4.69) is 27.7 Å². The van der Waals surface area contributed by atoms with E-state index < -0.39 is 0 Å². The molecule has 0 aliphatic rings. The second-order valence-corrected chi connectivity index (χ2v) is 6.86. The predicted molar refractivity (Wildman–Crippen MR) is 92.0 cm³/mol. The number of esters is 2. The zero-order chi connectivity index (χ0) is 18.2. The van der Waals surface area contributed by atoms with Crippen molar-refractivity contribution in [2.24, 2.45) is 23.7 Å². The van der Waals surface area contributed by atoms with Gasteiger partial charge in [-0.25, -0.2) is 0 Å². The number of rotatable bonds is 10. The van der Waals surface area contributed by atoms with E-state index in [1.54, 1.807) is 0 Å². The van der Waals surface area contributed by atoms with Gasteiger partial charge in [0.25, 0.3) is 0 Å². The molecule has 4 unspecified atom stereocenters. The third-order valence-electron chi connectivity index (χ3n) is 4.92. The molecule has 0 saturated heterocycles. The Morgan fingerprint density at radius 1 is 1.04 bits per heavy atom. The van der Waals surface area contributed by atoms with Gasteiger partial charge in [-0.15, -0.1) is 0 Å². The number of nitrogens with zero attached hydrogens (tertiary/aromatic N) is 1. The van der Waals surface area contributed by atoms with Crippen molar-refractivity contribution in [1.82, 2.24) is 4.90 Å². The molecule has 0 aliphatic carbocycles. The Labute approximate surface area is 141 Å². The molecular weight excluding hydrogens is 294 g/mol. The van der Waals surface area contributed by atoms with Crippen molar-refractivity contribution in [3.05, 3.63) is 0 Å². The Balaban J connectivity index is 4.71. The van der Waals surface area contributed by atoms with Gasteiger partial charge in [0.1, 0.15) is 6.04 Å². The van der Waals surface area contributed by atoms with Gasteiger partial charge < -0.3 is 9.47 Å². The highest BCUT2D eigenvalue weighted by molar-refractivity contribution is 5.76. The highest BCUT2D eigenvalue weighted by Crippen LogP contribution is 2.22. The highest BCUT2D eigenvalue weighted by atomic mass is 16.5. The largest absolute Gasteiger partial charge is 0.468 e. The summed E-state index contributed by atoms with van der Waals surface area (Å²) in [4.78, 5) is 26.0. The summed E-state index contributed by atoms with van der Waals surface area (Å²) in [6.07, 6.45) is 0.828. The van der Waals surface area contributed by atoms with Crippen LogP contribution >= 0.6 is 0 Å². The molecule has 0 aromatic rings. The molecule has 0 heterocycles. The van der Waals surface area contributed by atoms with E-state index in [9.17, 15) is 9.59 Å². The Kier molecular flexibility index (Phi) is 10.1. The molecule has 5 heteroatoms. The fourth-order valence-electron chi connectivity index (χ4n) is 2.58. The molecule has 5 nitrogen and oxygen atoms in total. The SMILES string of the molecule is CCOC(=O)C(C)C(C)CCN(C)C(C(=O)OC)C(C)C(C)C. The standard InChI is InChI=1S/C18H35NO4/c1-9-23-17(20)15(6)13(4)10-11-19(7)16(18(21)22-8)14(5)12(2)3/h12-16H,9-11H2,1-8H3. The van der Waals surface area contributed by atoms with Crippen LogP contribution in [0.2, 0.25) is 0 Å². The first-order valence-electron chi connectivity index (χ1n) is 8.61. The van der Waals surface area contributed by atoms with Gasteiger partial charge in [-0.2, -0.15) is 0 Å². The molecule has 0 aromatic carbocycles. The van der Waals surface area contributed by atoms with Crippen LogP contribution in [0, 0.1) is 23.7 Å². The monoisotopic (exact) mass is 329 g/mol. The van der Waals surface area contributed by atoms with Gasteiger partial charge in [0.15, 0.2) is 0 Å². The van der Waals surface area contributed by atoms with Gasteiger partial charge in [0, 0.05) is 0 Å². The molecule has 0 bridgehead atoms. The highest BCUT2D eigenvalue weighted by Gasteiger charge is 2.32. The van der Waals surface area contributed by atoms with E-state index in [1.807, 2.05) is 25.8 Å². The Morgan fingerprint density at radius 3 is 2.04 bits per heavy atom. The maximum atomic E-state index is 12.1. The van der Waals surface area contributed by atoms with E-state index in [-0.39, 0.29) is 35.7 Å². The number of methoxy groups -OCH3 is 1. The number of likely N-dealkylation sites (N-methyl/N-ethyl adjacent to an activating group) is 1. The zero-order valence-corrected chi connectivity index (χ0v) is 16.1. The summed E-state index contributed by atoms with van der Waals surface area (Å²) in [7, 11) is 3.38. The minimum absolute atomic E-state index is 0.137. The Hall–Kier alpha value is -1.10. The Morgan fingerprint density at radius 2 is 1.61 bits per heavy atom. The fraction of sp³-hybridized carbons (Fsp3) is 0.889. The van der Waals surface area contributed by atoms with E-state index in [1.165, 1.54) is 7.11 Å². The normalized spacial score (nSPS) is 16.8. The molecule has 0 fully saturated rings. The molecular formula is C18H35NO4. The number of hydrogen-bond acceptors (Lipinski definition) is 5. The molecule has 0 spiro atoms. The maximum absolute atomic E-state index is 12.1. The lowest BCUT2D eigenvalue weighted by Gasteiger charge is -2.33. The van der Waals surface area contributed by atoms with E-state index in [0.29, 0.717) is 12.5 Å². The molecule has 136 valence electrons. The van der Waals surface area contributed by atoms with Crippen LogP contribution in [0.25, 0.3) is 0 Å². The van der Waals surface area contributed by atoms with Gasteiger partial charge in [-0.05, 0) is 44.7 Å². The first kappa shape index (κ1) is 21.9. The molecule has 0 N–H and O–H groups in total. The molecule has 0 aliphatic heterocycles. The topological polar surface area (TPSA) is 55.8 Å². The fourth-order valence-corrected chi connectivity index (χ4v) is 2.58. The van der Waals surface area contributed by atoms with Gasteiger partial charge in [-0.1, -0.05) is 34.6 Å². The molecule has 23 heavy (non-hydrogen) atoms. The first-order valence-corrected chi connectivity index (χ1v) is 8.61. The molecule has 0 radical (unpaired) electrons. The van der Waals surface area contributed by atoms with Crippen molar-refractivity contribution in [2.75, 3.05) is 27.3 Å². The van der Waals surface area contributed by atoms with Crippen LogP contribution in [0.4, 0.5) is 0 Å². The third kappa shape index (κ3) is 6.90. The van der Waals surface area contributed by atoms with Crippen LogP contribution in [0.5, 0.6) is 0 Å². The van der Waals surface area contributed by atoms with Gasteiger partial charge in [0.05, 0.1) is 19.6 Å². The van der Waals surface area contributed by atoms with E-state index in [4.69, 9.17) is 9.47 Å². The summed E-state index contributed by atoms with van der Waals surface area (Å²) in [6.45, 7) is 13.2. The molecule has 4 atom stereocenters. The lowest BCUT2D eigenvalue weighted by molar-refractivity contribution is -0.151. The minimum atomic E-state index is -0.259. The summed E-state index contributed by atoms with van der Waals surface area (Å²) >= 11 is 0. The predicted octanol–water partition coefficient (Wildman–Crippen LogP) is 2.98. The van der Waals surface area contributed by atoms with Crippen LogP contribution in [0.3, 0.4) is 0 Å². The van der Waals surface area contributed by atoms with Gasteiger partial charge in [-0.3, -0.25) is 14.5 Å². The molecule has 0 rings (SSSR count). The van der Waals surface area contributed by atoms with Crippen LogP contribution < -0.4 is 0 Å². The van der Waals surface area contributed by atoms with Crippen molar-refractivity contribution in [3.8, 4) is 0 Å². The summed E-state index contributed by atoms with van der Waals surface area (Å²) in [5.74, 6) is 0.303. The number of hydrogen-bond donors (Lipinski definition) is 0. The average Bonchev–Trinajstić information content (AvgIpc) is 2.51. The Bertz CT molecular complexity index is 370. The lowest BCUT2D eigenvalue weighted by Crippen LogP contribution is -2.46. The number of carbonyl (C=O) groups excluding carboxylic acids is 2. The summed E-state index contributed by atoms with van der Waals surface area (Å²) in [5, 5.41) is 0. The minimum Gasteiger partial charge on any atom is -0.468 e. The summed E-state index contributed by atoms with van der Waals surface area (Å²) in [5.41, 5.74) is 0. The number of carbonyl (C=O) groups is 2. The molecule has 0 aromatic heterocycles. The summed E-state index contributed by atoms with van der Waals surface area (Å²) < 4.78 is 10.1. The third-order valence-corrected chi connectivity index (χ3v) is 4.92. The van der Waals surface area contributed by atoms with Crippen LogP contribution in [-0.4, -0.2) is 50.2 Å². The molecule has 0 saturated carbocycles. The second-order valence-electron chi connectivity index (χ2n) is 6.86. The summed E-state index contributed by atoms with van der Waals surface area (Å²) in [6, 6.07) is -0.259. The van der Waals surface area contributed by atoms with Crippen LogP contribution in [0.1, 0.15) is 48.0 Å². The smallest absolute Gasteiger partial charge is 0.323 e. The van der Waals surface area contributed by atoms with Crippen LogP contribution in [0.15, 0.2) is 0 Å². The van der Waals surface area contributed by atoms with E-state index >= 15 is 0 Å². The van der Waals surface area contributed by atoms with Crippen molar-refractivity contribution in [2.45, 2.75) is 54.0 Å². The van der Waals surface area contributed by atoms with Crippen molar-refractivity contribution < 1.29 is 19.1 Å². The lowest BCUT2D eigenvalue weighted by atomic mass is 9.88. The quantitative estimate of drug-likeness (QED) is 0.577. The zero-order valence-electron chi connectivity index (χ0n) is 16.1. The average molecular weight is 329 g/mol. The van der Waals surface area contributed by atoms with Gasteiger partial charge >= 0.3 is 11.9 Å². The van der Waals surface area contributed by atoms with E-state index in [0.717, 1.165) is 13.0 Å². The number of ether oxygens (including phenoxy) is 2. The first-order chi connectivity index (χ1) is 10.7. The van der Waals surface area contributed by atoms with Crippen LogP contribution in [-0.2, 0) is 19.1 Å². The van der Waals surface area contributed by atoms with Crippen molar-refractivity contribution >= 4 is 11.9 Å². The van der Waals surface area contributed by atoms with Crippen molar-refractivity contribution in [3.63, 3.8) is 0 Å². The second kappa shape index (κ2) is 10.6.